The van der Waals surface area contributed by atoms with Gasteiger partial charge in [0.05, 0.1) is 18.2 Å². The summed E-state index contributed by atoms with van der Waals surface area (Å²) in [6.07, 6.45) is 4.07. The summed E-state index contributed by atoms with van der Waals surface area (Å²) >= 11 is 0. The Labute approximate surface area is 184 Å². The molecule has 1 spiro atoms. The third-order valence-corrected chi connectivity index (χ3v) is 7.94. The van der Waals surface area contributed by atoms with Crippen molar-refractivity contribution in [1.29, 1.82) is 0 Å². The number of para-hydroxylation sites is 2. The summed E-state index contributed by atoms with van der Waals surface area (Å²) in [5.41, 5.74) is 5.50. The van der Waals surface area contributed by atoms with E-state index in [9.17, 15) is 4.79 Å². The molecule has 1 unspecified atom stereocenters. The lowest BCUT2D eigenvalue weighted by molar-refractivity contribution is -0.123. The molecule has 1 fully saturated rings. The summed E-state index contributed by atoms with van der Waals surface area (Å²) in [5, 5.41) is 0. The molecular formula is C26H31N3O2. The number of likely N-dealkylation sites (tertiary alicyclic amines) is 1. The fourth-order valence-electron chi connectivity index (χ4n) is 6.39. The van der Waals surface area contributed by atoms with Gasteiger partial charge in [0, 0.05) is 37.8 Å². The topological polar surface area (TPSA) is 36.0 Å². The molecule has 162 valence electrons. The van der Waals surface area contributed by atoms with Crippen molar-refractivity contribution < 1.29 is 9.53 Å². The van der Waals surface area contributed by atoms with Crippen molar-refractivity contribution in [1.82, 2.24) is 4.90 Å². The number of carbonyl (C=O) groups is 1. The van der Waals surface area contributed by atoms with Crippen molar-refractivity contribution in [3.63, 3.8) is 0 Å². The lowest BCUT2D eigenvalue weighted by atomic mass is 9.74. The van der Waals surface area contributed by atoms with Gasteiger partial charge in [0.15, 0.2) is 0 Å². The first kappa shape index (κ1) is 19.2. The summed E-state index contributed by atoms with van der Waals surface area (Å²) in [4.78, 5) is 20.4. The molecule has 0 saturated carbocycles. The molecule has 0 aromatic heterocycles. The summed E-state index contributed by atoms with van der Waals surface area (Å²) in [7, 11) is 2.22. The Morgan fingerprint density at radius 3 is 2.77 bits per heavy atom. The monoisotopic (exact) mass is 417 g/mol. The summed E-state index contributed by atoms with van der Waals surface area (Å²) < 4.78 is 5.91. The first-order valence-corrected chi connectivity index (χ1v) is 11.7. The van der Waals surface area contributed by atoms with Crippen LogP contribution in [0.2, 0.25) is 0 Å². The minimum atomic E-state index is 0.0495. The predicted molar refractivity (Wildman–Crippen MR) is 123 cm³/mol. The predicted octanol–water partition coefficient (Wildman–Crippen LogP) is 3.46. The molecule has 5 nitrogen and oxygen atoms in total. The van der Waals surface area contributed by atoms with Gasteiger partial charge in [-0.2, -0.15) is 0 Å². The highest BCUT2D eigenvalue weighted by molar-refractivity contribution is 6.00. The van der Waals surface area contributed by atoms with E-state index >= 15 is 0 Å². The van der Waals surface area contributed by atoms with Gasteiger partial charge in [-0.05, 0) is 62.0 Å². The third kappa shape index (κ3) is 3.05. The number of hydrogen-bond acceptors (Lipinski definition) is 4. The van der Waals surface area contributed by atoms with E-state index in [1.54, 1.807) is 0 Å². The largest absolute Gasteiger partial charge is 0.491 e. The summed E-state index contributed by atoms with van der Waals surface area (Å²) in [5.74, 6) is 1.22. The molecule has 0 N–H and O–H groups in total. The number of carbonyl (C=O) groups excluding carboxylic acids is 1. The molecule has 4 heterocycles. The van der Waals surface area contributed by atoms with Crippen LogP contribution in [-0.2, 0) is 16.6 Å². The number of anilines is 2. The maximum absolute atomic E-state index is 13.4. The number of nitrogens with zero attached hydrogens (tertiary/aromatic N) is 3. The smallest absolute Gasteiger partial charge is 0.231 e. The van der Waals surface area contributed by atoms with Gasteiger partial charge in [-0.25, -0.2) is 0 Å². The maximum Gasteiger partial charge on any atom is 0.231 e. The molecular weight excluding hydrogens is 386 g/mol. The highest BCUT2D eigenvalue weighted by Crippen LogP contribution is 2.46. The highest BCUT2D eigenvalue weighted by atomic mass is 16.5. The molecule has 0 aliphatic carbocycles. The molecule has 6 rings (SSSR count). The van der Waals surface area contributed by atoms with Crippen molar-refractivity contribution in [2.45, 2.75) is 31.1 Å². The van der Waals surface area contributed by atoms with Gasteiger partial charge in [-0.3, -0.25) is 4.79 Å². The van der Waals surface area contributed by atoms with Gasteiger partial charge >= 0.3 is 0 Å². The molecule has 31 heavy (non-hydrogen) atoms. The van der Waals surface area contributed by atoms with E-state index in [0.717, 1.165) is 57.0 Å². The number of likely N-dealkylation sites (N-methyl/N-ethyl adjacent to an activating group) is 1. The second-order valence-electron chi connectivity index (χ2n) is 9.81. The zero-order chi connectivity index (χ0) is 21.0. The van der Waals surface area contributed by atoms with Crippen LogP contribution in [-0.4, -0.2) is 57.2 Å². The number of rotatable bonds is 2. The van der Waals surface area contributed by atoms with Crippen LogP contribution >= 0.6 is 0 Å². The van der Waals surface area contributed by atoms with Gasteiger partial charge in [-0.15, -0.1) is 0 Å². The van der Waals surface area contributed by atoms with Crippen LogP contribution in [0.25, 0.3) is 0 Å². The van der Waals surface area contributed by atoms with Crippen molar-refractivity contribution >= 4 is 17.3 Å². The Kier molecular flexibility index (Phi) is 4.49. The van der Waals surface area contributed by atoms with E-state index in [1.165, 1.54) is 29.7 Å². The lowest BCUT2D eigenvalue weighted by Crippen LogP contribution is -2.50. The quantitative estimate of drug-likeness (QED) is 0.750. The van der Waals surface area contributed by atoms with E-state index in [4.69, 9.17) is 4.74 Å². The zero-order valence-electron chi connectivity index (χ0n) is 18.3. The van der Waals surface area contributed by atoms with Gasteiger partial charge in [0.2, 0.25) is 5.91 Å². The number of amides is 1. The van der Waals surface area contributed by atoms with Crippen molar-refractivity contribution in [3.8, 4) is 5.75 Å². The van der Waals surface area contributed by atoms with Gasteiger partial charge in [0.25, 0.3) is 0 Å². The van der Waals surface area contributed by atoms with Crippen LogP contribution in [0.1, 0.15) is 30.4 Å². The molecule has 2 aromatic rings. The Bertz CT molecular complexity index is 1010. The number of ether oxygens (including phenoxy) is 1. The molecule has 1 atom stereocenters. The Balaban J connectivity index is 1.18. The maximum atomic E-state index is 13.4. The Hall–Kier alpha value is -2.53. The van der Waals surface area contributed by atoms with Crippen molar-refractivity contribution in [2.24, 2.45) is 5.92 Å². The van der Waals surface area contributed by atoms with Crippen LogP contribution in [0.15, 0.2) is 42.5 Å². The average Bonchev–Trinajstić information content (AvgIpc) is 2.92. The van der Waals surface area contributed by atoms with Gasteiger partial charge in [-0.1, -0.05) is 30.3 Å². The molecule has 0 radical (unpaired) electrons. The van der Waals surface area contributed by atoms with Gasteiger partial charge < -0.3 is 19.4 Å². The second kappa shape index (κ2) is 7.27. The average molecular weight is 418 g/mol. The van der Waals surface area contributed by atoms with E-state index in [1.807, 2.05) is 11.0 Å². The van der Waals surface area contributed by atoms with Crippen molar-refractivity contribution in [2.75, 3.05) is 56.2 Å². The standard InChI is InChI=1S/C26H31N3O2/c1-27-18-26(21-7-2-3-8-22(21)27)10-13-28(14-11-26)17-20-16-19-6-4-9-23-24(19)29(25(20)30)12-5-15-31-23/h2-4,6-9,20H,5,10-18H2,1H3. The first-order valence-electron chi connectivity index (χ1n) is 11.7. The number of benzene rings is 2. The highest BCUT2D eigenvalue weighted by Gasteiger charge is 2.44. The van der Waals surface area contributed by atoms with E-state index < -0.39 is 0 Å². The zero-order valence-corrected chi connectivity index (χ0v) is 18.3. The van der Waals surface area contributed by atoms with Gasteiger partial charge in [0.1, 0.15) is 5.75 Å². The molecule has 1 saturated heterocycles. The minimum Gasteiger partial charge on any atom is -0.491 e. The molecule has 2 aromatic carbocycles. The number of hydrogen-bond donors (Lipinski definition) is 0. The first-order chi connectivity index (χ1) is 15.1. The SMILES string of the molecule is CN1CC2(CCN(CC3Cc4cccc5c4N(CCCO5)C3=O)CC2)c2ccccc21. The summed E-state index contributed by atoms with van der Waals surface area (Å²) in [6, 6.07) is 15.2. The number of piperidine rings is 1. The normalized spacial score (nSPS) is 24.5. The minimum absolute atomic E-state index is 0.0495. The van der Waals surface area contributed by atoms with E-state index in [-0.39, 0.29) is 17.2 Å². The molecule has 1 amide bonds. The fourth-order valence-corrected chi connectivity index (χ4v) is 6.39. The van der Waals surface area contributed by atoms with Crippen LogP contribution in [0.4, 0.5) is 11.4 Å². The third-order valence-electron chi connectivity index (χ3n) is 7.94. The fraction of sp³-hybridized carbons (Fsp3) is 0.500. The second-order valence-corrected chi connectivity index (χ2v) is 9.81. The lowest BCUT2D eigenvalue weighted by Gasteiger charge is -2.42. The molecule has 4 aliphatic heterocycles. The van der Waals surface area contributed by atoms with E-state index in [0.29, 0.717) is 6.61 Å². The van der Waals surface area contributed by atoms with Crippen LogP contribution < -0.4 is 14.5 Å². The summed E-state index contributed by atoms with van der Waals surface area (Å²) in [6.45, 7) is 5.59. The van der Waals surface area contributed by atoms with Crippen LogP contribution in [0.5, 0.6) is 5.75 Å². The van der Waals surface area contributed by atoms with Crippen LogP contribution in [0, 0.1) is 5.92 Å². The molecule has 4 aliphatic rings. The van der Waals surface area contributed by atoms with Crippen LogP contribution in [0.3, 0.4) is 0 Å². The van der Waals surface area contributed by atoms with E-state index in [2.05, 4.69) is 53.2 Å². The molecule has 0 bridgehead atoms. The number of fused-ring (bicyclic) bond motifs is 2. The van der Waals surface area contributed by atoms with Crippen molar-refractivity contribution in [3.05, 3.63) is 53.6 Å². The Morgan fingerprint density at radius 1 is 1.06 bits per heavy atom. The Morgan fingerprint density at radius 2 is 1.90 bits per heavy atom. The molecule has 5 heteroatoms.